The summed E-state index contributed by atoms with van der Waals surface area (Å²) in [4.78, 5) is 16.3. The Hall–Kier alpha value is -2.98. The van der Waals surface area contributed by atoms with Crippen molar-refractivity contribution < 1.29 is 18.7 Å². The van der Waals surface area contributed by atoms with Gasteiger partial charge in [-0.15, -0.1) is 16.4 Å². The smallest absolute Gasteiger partial charge is 0.302 e. The molecule has 1 saturated heterocycles. The van der Waals surface area contributed by atoms with Gasteiger partial charge in [-0.2, -0.15) is 8.78 Å². The number of hydrogen-bond donors (Lipinski definition) is 2. The van der Waals surface area contributed by atoms with E-state index in [4.69, 9.17) is 0 Å². The lowest BCUT2D eigenvalue weighted by Crippen LogP contribution is -2.34. The Labute approximate surface area is 187 Å². The Morgan fingerprint density at radius 2 is 2.03 bits per heavy atom. The third kappa shape index (κ3) is 5.08. The molecule has 1 unspecified atom stereocenters. The van der Waals surface area contributed by atoms with Gasteiger partial charge in [0.2, 0.25) is 5.91 Å². The molecule has 7 nitrogen and oxygen atoms in total. The lowest BCUT2D eigenvalue weighted by Gasteiger charge is -2.24. The molecule has 2 N–H and O–H groups in total. The Kier molecular flexibility index (Phi) is 6.71. The van der Waals surface area contributed by atoms with Crippen LogP contribution in [0.5, 0.6) is 0 Å². The van der Waals surface area contributed by atoms with Gasteiger partial charge in [0.25, 0.3) is 0 Å². The van der Waals surface area contributed by atoms with Crippen LogP contribution in [0.1, 0.15) is 34.0 Å². The number of aromatic nitrogens is 4. The van der Waals surface area contributed by atoms with Gasteiger partial charge in [0.1, 0.15) is 6.10 Å². The summed E-state index contributed by atoms with van der Waals surface area (Å²) >= 11 is 1.63. The summed E-state index contributed by atoms with van der Waals surface area (Å²) in [7, 11) is 0. The molecule has 1 aliphatic heterocycles. The number of alkyl halides is 2. The van der Waals surface area contributed by atoms with E-state index in [-0.39, 0.29) is 17.5 Å². The number of carbonyl (C=O) groups is 1. The first-order valence-electron chi connectivity index (χ1n) is 10.3. The standard InChI is InChI=1S/C22H23F2N5O2S/c23-22(24,15-4-2-1-3-5-15)19(30)10-6-16-7-11-21(31)29(16)13-12-17-8-9-18(32-17)14-20-25-27-28-26-20/h1-6,8-10,16,19,30H,7,11-14H2,(H,25,26,27,28)/b10-6+/t16-,19?/m0/s1. The lowest BCUT2D eigenvalue weighted by atomic mass is 10.0. The minimum absolute atomic E-state index is 0.00604. The number of carbonyl (C=O) groups excluding carboxylic acids is 1. The van der Waals surface area contributed by atoms with Gasteiger partial charge in [0, 0.05) is 34.7 Å². The summed E-state index contributed by atoms with van der Waals surface area (Å²) in [6.07, 6.45) is 2.87. The van der Waals surface area contributed by atoms with E-state index in [0.29, 0.717) is 38.1 Å². The molecule has 0 bridgehead atoms. The van der Waals surface area contributed by atoms with Crippen molar-refractivity contribution in [2.45, 2.75) is 43.8 Å². The molecule has 0 aliphatic carbocycles. The molecule has 32 heavy (non-hydrogen) atoms. The number of aliphatic hydroxyl groups excluding tert-OH is 1. The summed E-state index contributed by atoms with van der Waals surface area (Å²) in [5, 5.41) is 23.8. The van der Waals surface area contributed by atoms with Crippen LogP contribution in [0.4, 0.5) is 8.78 Å². The number of nitrogens with zero attached hydrogens (tertiary/aromatic N) is 4. The fourth-order valence-electron chi connectivity index (χ4n) is 3.73. The molecule has 10 heteroatoms. The second-order valence-corrected chi connectivity index (χ2v) is 8.91. The molecule has 2 aromatic heterocycles. The van der Waals surface area contributed by atoms with Crippen molar-refractivity contribution in [3.05, 3.63) is 75.8 Å². The average molecular weight is 460 g/mol. The fraction of sp³-hybridized carbons (Fsp3) is 0.364. The highest BCUT2D eigenvalue weighted by Gasteiger charge is 2.39. The summed E-state index contributed by atoms with van der Waals surface area (Å²) in [6, 6.07) is 11.0. The van der Waals surface area contributed by atoms with Crippen molar-refractivity contribution in [2.24, 2.45) is 0 Å². The van der Waals surface area contributed by atoms with E-state index < -0.39 is 12.0 Å². The first-order valence-corrected chi connectivity index (χ1v) is 11.1. The van der Waals surface area contributed by atoms with Crippen molar-refractivity contribution in [3.8, 4) is 0 Å². The van der Waals surface area contributed by atoms with E-state index in [2.05, 4.69) is 20.6 Å². The number of amides is 1. The third-order valence-corrected chi connectivity index (χ3v) is 6.61. The van der Waals surface area contributed by atoms with E-state index in [0.717, 1.165) is 15.8 Å². The quantitative estimate of drug-likeness (QED) is 0.480. The minimum Gasteiger partial charge on any atom is -0.382 e. The topological polar surface area (TPSA) is 95.0 Å². The molecule has 4 rings (SSSR count). The first-order chi connectivity index (χ1) is 15.4. The Balaban J connectivity index is 1.35. The number of nitrogens with one attached hydrogen (secondary N) is 1. The maximum atomic E-state index is 14.5. The Morgan fingerprint density at radius 1 is 1.25 bits per heavy atom. The zero-order chi connectivity index (χ0) is 22.6. The summed E-state index contributed by atoms with van der Waals surface area (Å²) in [5.41, 5.74) is -0.244. The van der Waals surface area contributed by atoms with E-state index in [9.17, 15) is 18.7 Å². The second kappa shape index (κ2) is 9.66. The molecule has 0 spiro atoms. The zero-order valence-electron chi connectivity index (χ0n) is 17.2. The largest absolute Gasteiger partial charge is 0.382 e. The molecular weight excluding hydrogens is 436 g/mol. The molecular formula is C22H23F2N5O2S. The van der Waals surface area contributed by atoms with Crippen LogP contribution in [0, 0.1) is 0 Å². The molecule has 168 valence electrons. The fourth-order valence-corrected chi connectivity index (χ4v) is 4.74. The molecule has 3 heterocycles. The van der Waals surface area contributed by atoms with Gasteiger partial charge in [-0.25, -0.2) is 5.10 Å². The average Bonchev–Trinajstić information content (AvgIpc) is 3.54. The van der Waals surface area contributed by atoms with E-state index in [1.807, 2.05) is 12.1 Å². The molecule has 1 aromatic carbocycles. The van der Waals surface area contributed by atoms with Crippen LogP contribution in [-0.2, 0) is 23.6 Å². The molecule has 3 aromatic rings. The Bertz CT molecular complexity index is 1060. The lowest BCUT2D eigenvalue weighted by molar-refractivity contribution is -0.128. The van der Waals surface area contributed by atoms with E-state index in [1.54, 1.807) is 22.3 Å². The molecule has 1 aliphatic rings. The maximum absolute atomic E-state index is 14.5. The summed E-state index contributed by atoms with van der Waals surface area (Å²) in [5.74, 6) is -2.73. The number of aromatic amines is 1. The van der Waals surface area contributed by atoms with Crippen molar-refractivity contribution >= 4 is 17.2 Å². The van der Waals surface area contributed by atoms with Gasteiger partial charge in [0.05, 0.1) is 6.04 Å². The molecule has 0 radical (unpaired) electrons. The van der Waals surface area contributed by atoms with Gasteiger partial charge in [-0.3, -0.25) is 4.79 Å². The van der Waals surface area contributed by atoms with Gasteiger partial charge in [-0.05, 0) is 35.4 Å². The van der Waals surface area contributed by atoms with Crippen molar-refractivity contribution in [3.63, 3.8) is 0 Å². The Morgan fingerprint density at radius 3 is 2.78 bits per heavy atom. The van der Waals surface area contributed by atoms with Crippen LogP contribution in [0.15, 0.2) is 54.6 Å². The number of H-pyrrole nitrogens is 1. The van der Waals surface area contributed by atoms with Crippen LogP contribution in [0.3, 0.4) is 0 Å². The molecule has 1 amide bonds. The highest BCUT2D eigenvalue weighted by atomic mass is 32.1. The molecule has 2 atom stereocenters. The molecule has 1 fully saturated rings. The second-order valence-electron chi connectivity index (χ2n) is 7.65. The number of hydrogen-bond acceptors (Lipinski definition) is 6. The number of thiophene rings is 1. The van der Waals surface area contributed by atoms with Gasteiger partial charge in [0.15, 0.2) is 5.82 Å². The van der Waals surface area contributed by atoms with Crippen molar-refractivity contribution in [2.75, 3.05) is 6.54 Å². The zero-order valence-corrected chi connectivity index (χ0v) is 18.0. The highest BCUT2D eigenvalue weighted by molar-refractivity contribution is 7.12. The number of benzene rings is 1. The van der Waals surface area contributed by atoms with Crippen LogP contribution >= 0.6 is 11.3 Å². The minimum atomic E-state index is -3.41. The van der Waals surface area contributed by atoms with E-state index in [1.165, 1.54) is 30.3 Å². The van der Waals surface area contributed by atoms with Gasteiger partial charge in [-0.1, -0.05) is 42.5 Å². The summed E-state index contributed by atoms with van der Waals surface area (Å²) < 4.78 is 29.0. The van der Waals surface area contributed by atoms with Crippen molar-refractivity contribution in [1.29, 1.82) is 0 Å². The van der Waals surface area contributed by atoms with Crippen LogP contribution in [0.2, 0.25) is 0 Å². The summed E-state index contributed by atoms with van der Waals surface area (Å²) in [6.45, 7) is 0.489. The van der Waals surface area contributed by atoms with Crippen LogP contribution in [0.25, 0.3) is 0 Å². The van der Waals surface area contributed by atoms with Crippen molar-refractivity contribution in [1.82, 2.24) is 25.5 Å². The predicted molar refractivity (Wildman–Crippen MR) is 115 cm³/mol. The number of tetrazole rings is 1. The third-order valence-electron chi connectivity index (χ3n) is 5.47. The number of aliphatic hydroxyl groups is 1. The van der Waals surface area contributed by atoms with Crippen LogP contribution < -0.4 is 0 Å². The SMILES string of the molecule is O=C1CC[C@H](/C=C/C(O)C(F)(F)c2ccccc2)N1CCc1ccc(Cc2nnn[nH]2)s1. The molecule has 0 saturated carbocycles. The number of rotatable bonds is 9. The number of likely N-dealkylation sites (tertiary alicyclic amines) is 1. The van der Waals surface area contributed by atoms with Gasteiger partial charge >= 0.3 is 5.92 Å². The predicted octanol–water partition coefficient (Wildman–Crippen LogP) is 3.09. The monoisotopic (exact) mass is 459 g/mol. The first kappa shape index (κ1) is 22.2. The van der Waals surface area contributed by atoms with Crippen LogP contribution in [-0.4, -0.2) is 55.2 Å². The maximum Gasteiger partial charge on any atom is 0.302 e. The van der Waals surface area contributed by atoms with Gasteiger partial charge < -0.3 is 10.0 Å². The highest BCUT2D eigenvalue weighted by Crippen LogP contribution is 2.33. The normalized spacial score (nSPS) is 18.0. The number of halogens is 2. The van der Waals surface area contributed by atoms with E-state index >= 15 is 0 Å².